The first-order chi connectivity index (χ1) is 22.0. The van der Waals surface area contributed by atoms with E-state index < -0.39 is 18.1 Å². The van der Waals surface area contributed by atoms with Crippen LogP contribution < -0.4 is 31.6 Å². The molecule has 6 rings (SSSR count). The van der Waals surface area contributed by atoms with Crippen molar-refractivity contribution in [2.45, 2.75) is 82.7 Å². The average molecular weight is 633 g/mol. The van der Waals surface area contributed by atoms with Gasteiger partial charge in [-0.1, -0.05) is 6.07 Å². The number of piperazine rings is 1. The molecule has 4 heterocycles. The summed E-state index contributed by atoms with van der Waals surface area (Å²) in [6.07, 6.45) is 2.14. The number of aromatic hydroxyl groups is 2. The fourth-order valence-corrected chi connectivity index (χ4v) is 8.14. The molecule has 2 aromatic carbocycles. The Hall–Kier alpha value is -4.25. The lowest BCUT2D eigenvalue weighted by molar-refractivity contribution is -0.124. The largest absolute Gasteiger partial charge is 0.507 e. The highest BCUT2D eigenvalue weighted by Crippen LogP contribution is 2.57. The van der Waals surface area contributed by atoms with Gasteiger partial charge in [-0.2, -0.15) is 5.26 Å². The van der Waals surface area contributed by atoms with Gasteiger partial charge in [0.1, 0.15) is 17.5 Å². The van der Waals surface area contributed by atoms with Crippen LogP contribution in [0.5, 0.6) is 23.0 Å². The van der Waals surface area contributed by atoms with Gasteiger partial charge in [0, 0.05) is 47.4 Å². The van der Waals surface area contributed by atoms with Crippen molar-refractivity contribution in [1.29, 1.82) is 5.26 Å². The first-order valence-corrected chi connectivity index (χ1v) is 15.8. The Morgan fingerprint density at radius 2 is 1.87 bits per heavy atom. The Balaban J connectivity index is 1.43. The molecule has 0 spiro atoms. The van der Waals surface area contributed by atoms with Crippen LogP contribution in [0.3, 0.4) is 0 Å². The topological polar surface area (TPSA) is 195 Å². The van der Waals surface area contributed by atoms with Gasteiger partial charge in [0.2, 0.25) is 12.7 Å². The number of fused-ring (bicyclic) bond motifs is 9. The lowest BCUT2D eigenvalue weighted by atomic mass is 9.71. The molecule has 8 N–H and O–H groups in total. The molecule has 2 bridgehead atoms. The number of likely N-dealkylation sites (N-methyl/N-ethyl adjacent to an activating group) is 2. The number of guanidine groups is 1. The van der Waals surface area contributed by atoms with E-state index in [4.69, 9.17) is 20.9 Å². The third kappa shape index (κ3) is 4.96. The monoisotopic (exact) mass is 632 g/mol. The zero-order chi connectivity index (χ0) is 33.0. The summed E-state index contributed by atoms with van der Waals surface area (Å²) >= 11 is 0. The fraction of sp³-hybridized carbons (Fsp3) is 0.545. The van der Waals surface area contributed by atoms with Gasteiger partial charge >= 0.3 is 0 Å². The second-order valence-electron chi connectivity index (χ2n) is 12.9. The third-order valence-electron chi connectivity index (χ3n) is 10.5. The van der Waals surface area contributed by atoms with Gasteiger partial charge in [-0.05, 0) is 77.2 Å². The number of ether oxygens (including phenoxy) is 2. The molecule has 246 valence electrons. The molecular weight excluding hydrogens is 588 g/mol. The lowest BCUT2D eigenvalue weighted by Gasteiger charge is -2.60. The third-order valence-corrected chi connectivity index (χ3v) is 10.5. The van der Waals surface area contributed by atoms with Crippen molar-refractivity contribution >= 4 is 11.9 Å². The van der Waals surface area contributed by atoms with Gasteiger partial charge in [-0.25, -0.2) is 0 Å². The molecule has 4 aliphatic rings. The number of phenolic OH excluding ortho intramolecular Hbond substituents is 2. The lowest BCUT2D eigenvalue weighted by Crippen LogP contribution is -2.68. The Bertz CT molecular complexity index is 1630. The van der Waals surface area contributed by atoms with Crippen molar-refractivity contribution in [3.8, 4) is 29.1 Å². The summed E-state index contributed by atoms with van der Waals surface area (Å²) in [5.41, 5.74) is 16.7. The zero-order valence-electron chi connectivity index (χ0n) is 27.1. The summed E-state index contributed by atoms with van der Waals surface area (Å²) in [5, 5.41) is 40.2. The molecule has 1 amide bonds. The summed E-state index contributed by atoms with van der Waals surface area (Å²) in [6, 6.07) is 2.49. The molecule has 0 saturated carbocycles. The van der Waals surface area contributed by atoms with E-state index in [-0.39, 0.29) is 54.8 Å². The molecule has 0 aliphatic carbocycles. The van der Waals surface area contributed by atoms with Crippen LogP contribution in [-0.2, 0) is 17.6 Å². The van der Waals surface area contributed by atoms with Crippen molar-refractivity contribution < 1.29 is 24.5 Å². The highest BCUT2D eigenvalue weighted by molar-refractivity contribution is 5.82. The van der Waals surface area contributed by atoms with Crippen LogP contribution in [0.15, 0.2) is 11.1 Å². The van der Waals surface area contributed by atoms with Crippen molar-refractivity contribution in [2.24, 2.45) is 16.5 Å². The predicted octanol–water partition coefficient (Wildman–Crippen LogP) is 1.28. The number of rotatable bonds is 8. The molecule has 13 nitrogen and oxygen atoms in total. The SMILES string of the molecule is CN[C@@H](CCCN=C(N)N)C(=O)NC[C@H]1c2c(c(O)c(C)c3c2OCO3)CC2[C@@H]3c4c(cc(C)c(C)c4O)C[C@@H]([C@H](C#N)N21)N3C. The first kappa shape index (κ1) is 31.7. The standard InChI is InChI=1S/C33H44N8O5/c1-15-9-18-10-21-23(12-34)41-22(27(40(21)5)25(18)29(43)16(15)2)11-19-26(31-30(45-14-46-31)17(3)28(19)42)24(41)13-39-32(44)20(37-4)7-6-8-38-33(35)36/h9,20-24,27,37,42-43H,6-8,10-11,13-14H2,1-5H3,(H,39,44)(H4,35,36,38)/t20-,21-,22?,23-,24-,27+/m0/s1. The minimum atomic E-state index is -0.542. The second-order valence-corrected chi connectivity index (χ2v) is 12.9. The zero-order valence-corrected chi connectivity index (χ0v) is 27.1. The van der Waals surface area contributed by atoms with E-state index in [2.05, 4.69) is 37.6 Å². The number of carbonyl (C=O) groups excluding carboxylic acids is 1. The number of nitrogens with one attached hydrogen (secondary N) is 2. The maximum absolute atomic E-state index is 13.6. The number of carbonyl (C=O) groups is 1. The van der Waals surface area contributed by atoms with Crippen molar-refractivity contribution in [1.82, 2.24) is 20.4 Å². The van der Waals surface area contributed by atoms with Crippen LogP contribution >= 0.6 is 0 Å². The number of nitrogens with two attached hydrogens (primary N) is 2. The number of nitrogens with zero attached hydrogens (tertiary/aromatic N) is 4. The van der Waals surface area contributed by atoms with Crippen LogP contribution in [0.2, 0.25) is 0 Å². The summed E-state index contributed by atoms with van der Waals surface area (Å²) in [5.74, 6) is 1.25. The molecule has 0 aromatic heterocycles. The second kappa shape index (κ2) is 12.2. The number of aliphatic imine (C=N–C) groups is 1. The smallest absolute Gasteiger partial charge is 0.237 e. The van der Waals surface area contributed by atoms with Crippen molar-refractivity contribution in [3.05, 3.63) is 45.0 Å². The number of benzene rings is 2. The number of hydrogen-bond donors (Lipinski definition) is 6. The van der Waals surface area contributed by atoms with Crippen LogP contribution in [0.25, 0.3) is 0 Å². The van der Waals surface area contributed by atoms with Gasteiger partial charge in [0.15, 0.2) is 17.5 Å². The normalized spacial score (nSPS) is 25.1. The highest BCUT2D eigenvalue weighted by atomic mass is 16.7. The summed E-state index contributed by atoms with van der Waals surface area (Å²) in [6.45, 7) is 6.32. The molecule has 13 heteroatoms. The molecular formula is C33H44N8O5. The molecule has 2 aromatic rings. The van der Waals surface area contributed by atoms with E-state index in [0.29, 0.717) is 54.9 Å². The Morgan fingerprint density at radius 3 is 2.57 bits per heavy atom. The molecule has 46 heavy (non-hydrogen) atoms. The average Bonchev–Trinajstić information content (AvgIpc) is 3.52. The summed E-state index contributed by atoms with van der Waals surface area (Å²) < 4.78 is 11.9. The minimum Gasteiger partial charge on any atom is -0.507 e. The molecule has 1 unspecified atom stereocenters. The number of amides is 1. The van der Waals surface area contributed by atoms with Gasteiger partial charge in [-0.3, -0.25) is 19.6 Å². The number of aryl methyl sites for hydroxylation is 1. The summed E-state index contributed by atoms with van der Waals surface area (Å²) in [7, 11) is 3.75. The van der Waals surface area contributed by atoms with Gasteiger partial charge < -0.3 is 41.8 Å². The number of hydrogen-bond acceptors (Lipinski definition) is 10. The van der Waals surface area contributed by atoms with E-state index in [1.54, 1.807) is 14.0 Å². The maximum Gasteiger partial charge on any atom is 0.237 e. The highest BCUT2D eigenvalue weighted by Gasteiger charge is 2.56. The van der Waals surface area contributed by atoms with Gasteiger partial charge in [-0.15, -0.1) is 0 Å². The molecule has 1 fully saturated rings. The summed E-state index contributed by atoms with van der Waals surface area (Å²) in [4.78, 5) is 22.0. The van der Waals surface area contributed by atoms with E-state index >= 15 is 0 Å². The van der Waals surface area contributed by atoms with Crippen LogP contribution in [0, 0.1) is 32.1 Å². The Kier molecular flexibility index (Phi) is 8.39. The van der Waals surface area contributed by atoms with E-state index in [1.165, 1.54) is 0 Å². The van der Waals surface area contributed by atoms with Gasteiger partial charge in [0.25, 0.3) is 0 Å². The number of nitriles is 1. The van der Waals surface area contributed by atoms with E-state index in [0.717, 1.165) is 27.8 Å². The van der Waals surface area contributed by atoms with E-state index in [1.807, 2.05) is 20.9 Å². The fourth-order valence-electron chi connectivity index (χ4n) is 8.14. The van der Waals surface area contributed by atoms with Gasteiger partial charge in [0.05, 0.1) is 24.2 Å². The van der Waals surface area contributed by atoms with Crippen LogP contribution in [-0.4, -0.2) is 90.0 Å². The Labute approximate surface area is 269 Å². The molecule has 4 aliphatic heterocycles. The van der Waals surface area contributed by atoms with E-state index in [9.17, 15) is 20.3 Å². The van der Waals surface area contributed by atoms with Crippen molar-refractivity contribution in [3.63, 3.8) is 0 Å². The van der Waals surface area contributed by atoms with Crippen LogP contribution in [0.4, 0.5) is 0 Å². The maximum atomic E-state index is 13.6. The van der Waals surface area contributed by atoms with Crippen molar-refractivity contribution in [2.75, 3.05) is 34.0 Å². The molecule has 0 radical (unpaired) electrons. The minimum absolute atomic E-state index is 0.0124. The molecule has 6 atom stereocenters. The predicted molar refractivity (Wildman–Crippen MR) is 172 cm³/mol. The Morgan fingerprint density at radius 1 is 1.13 bits per heavy atom. The quantitative estimate of drug-likeness (QED) is 0.139. The molecule has 1 saturated heterocycles. The first-order valence-electron chi connectivity index (χ1n) is 15.8. The number of phenols is 2. The van der Waals surface area contributed by atoms with Crippen LogP contribution in [0.1, 0.15) is 63.9 Å².